The highest BCUT2D eigenvalue weighted by Crippen LogP contribution is 2.35. The molecule has 0 amide bonds. The van der Waals surface area contributed by atoms with Gasteiger partial charge in [-0.15, -0.1) is 11.3 Å². The Morgan fingerprint density at radius 1 is 1.04 bits per heavy atom. The van der Waals surface area contributed by atoms with Crippen LogP contribution in [0.15, 0.2) is 50.0 Å². The Hall–Kier alpha value is -1.18. The SMILES string of the molecule is O=C1C(Cl)=CC(=NS(=O)(=O)c2cc(Cl)c(Cl)s2)c2ccccc21. The van der Waals surface area contributed by atoms with E-state index >= 15 is 0 Å². The fourth-order valence-corrected chi connectivity index (χ4v) is 5.06. The molecule has 4 nitrogen and oxygen atoms in total. The summed E-state index contributed by atoms with van der Waals surface area (Å²) in [5.41, 5.74) is 0.793. The van der Waals surface area contributed by atoms with Gasteiger partial charge in [0.05, 0.1) is 15.8 Å². The first-order valence-corrected chi connectivity index (χ1v) is 9.50. The average Bonchev–Trinajstić information content (AvgIpc) is 2.85. The van der Waals surface area contributed by atoms with E-state index in [0.717, 1.165) is 11.3 Å². The van der Waals surface area contributed by atoms with Crippen LogP contribution in [0.5, 0.6) is 0 Å². The van der Waals surface area contributed by atoms with Gasteiger partial charge in [0.25, 0.3) is 10.0 Å². The minimum Gasteiger partial charge on any atom is -0.288 e. The largest absolute Gasteiger partial charge is 0.292 e. The summed E-state index contributed by atoms with van der Waals surface area (Å²) in [6.07, 6.45) is 1.24. The summed E-state index contributed by atoms with van der Waals surface area (Å²) in [7, 11) is -4.02. The maximum absolute atomic E-state index is 12.4. The van der Waals surface area contributed by atoms with Crippen molar-refractivity contribution >= 4 is 67.7 Å². The number of hydrogen-bond acceptors (Lipinski definition) is 4. The molecular weight excluding hydrogens is 401 g/mol. The van der Waals surface area contributed by atoms with Crippen LogP contribution in [0, 0.1) is 0 Å². The molecule has 1 aromatic carbocycles. The number of sulfonamides is 1. The average molecular weight is 407 g/mol. The first-order valence-electron chi connectivity index (χ1n) is 6.11. The summed E-state index contributed by atoms with van der Waals surface area (Å²) in [6, 6.07) is 7.75. The van der Waals surface area contributed by atoms with Crippen molar-refractivity contribution in [3.05, 3.63) is 61.9 Å². The number of rotatable bonds is 2. The lowest BCUT2D eigenvalue weighted by atomic mass is 9.94. The van der Waals surface area contributed by atoms with Gasteiger partial charge in [-0.2, -0.15) is 12.8 Å². The topological polar surface area (TPSA) is 63.6 Å². The van der Waals surface area contributed by atoms with E-state index in [4.69, 9.17) is 34.8 Å². The predicted molar refractivity (Wildman–Crippen MR) is 92.8 cm³/mol. The quantitative estimate of drug-likeness (QED) is 0.735. The molecule has 0 saturated carbocycles. The molecular formula is C14H6Cl3NO3S2. The third kappa shape index (κ3) is 3.09. The maximum Gasteiger partial charge on any atom is 0.292 e. The lowest BCUT2D eigenvalue weighted by Crippen LogP contribution is -2.16. The van der Waals surface area contributed by atoms with Gasteiger partial charge in [-0.05, 0) is 12.1 Å². The minimum absolute atomic E-state index is 0.0843. The molecule has 0 saturated heterocycles. The highest BCUT2D eigenvalue weighted by Gasteiger charge is 2.26. The standard InChI is InChI=1S/C14H6Cl3NO3S2/c15-9-5-11(7-3-1-2-4-8(7)13(9)19)18-23(20,21)12-6-10(16)14(17)22-12/h1-6H. The highest BCUT2D eigenvalue weighted by molar-refractivity contribution is 7.92. The molecule has 0 radical (unpaired) electrons. The van der Waals surface area contributed by atoms with Crippen molar-refractivity contribution in [2.24, 2.45) is 4.40 Å². The number of nitrogens with zero attached hydrogens (tertiary/aromatic N) is 1. The van der Waals surface area contributed by atoms with Gasteiger partial charge in [0.2, 0.25) is 5.78 Å². The second-order valence-electron chi connectivity index (χ2n) is 4.51. The molecule has 3 rings (SSSR count). The highest BCUT2D eigenvalue weighted by atomic mass is 35.5. The number of ketones is 1. The predicted octanol–water partition coefficient (Wildman–Crippen LogP) is 4.55. The fraction of sp³-hybridized carbons (Fsp3) is 0. The normalized spacial score (nSPS) is 16.4. The molecule has 2 aromatic rings. The van der Waals surface area contributed by atoms with Crippen LogP contribution in [0.3, 0.4) is 0 Å². The number of allylic oxidation sites excluding steroid dienone is 2. The molecule has 118 valence electrons. The Kier molecular flexibility index (Phi) is 4.37. The zero-order chi connectivity index (χ0) is 16.8. The Morgan fingerprint density at radius 2 is 1.70 bits per heavy atom. The summed E-state index contributed by atoms with van der Waals surface area (Å²) in [6.45, 7) is 0. The van der Waals surface area contributed by atoms with Gasteiger partial charge in [-0.25, -0.2) is 0 Å². The second-order valence-corrected chi connectivity index (χ2v) is 8.81. The summed E-state index contributed by atoms with van der Waals surface area (Å²) in [5.74, 6) is -0.374. The van der Waals surface area contributed by atoms with Crippen molar-refractivity contribution in [2.75, 3.05) is 0 Å². The van der Waals surface area contributed by atoms with Gasteiger partial charge in [-0.1, -0.05) is 59.1 Å². The molecule has 23 heavy (non-hydrogen) atoms. The summed E-state index contributed by atoms with van der Waals surface area (Å²) in [4.78, 5) is 12.0. The Morgan fingerprint density at radius 3 is 2.30 bits per heavy atom. The number of benzene rings is 1. The Labute approximate surface area is 151 Å². The van der Waals surface area contributed by atoms with E-state index < -0.39 is 10.0 Å². The molecule has 0 N–H and O–H groups in total. The molecule has 1 aliphatic rings. The molecule has 0 bridgehead atoms. The number of halogens is 3. The maximum atomic E-state index is 12.4. The number of carbonyl (C=O) groups excluding carboxylic acids is 1. The number of thiophene rings is 1. The van der Waals surface area contributed by atoms with Crippen LogP contribution in [0.25, 0.3) is 0 Å². The van der Waals surface area contributed by atoms with Crippen LogP contribution in [0.4, 0.5) is 0 Å². The van der Waals surface area contributed by atoms with E-state index in [2.05, 4.69) is 4.40 Å². The van der Waals surface area contributed by atoms with Gasteiger partial charge in [0.15, 0.2) is 0 Å². The number of fused-ring (bicyclic) bond motifs is 1. The third-order valence-corrected chi connectivity index (χ3v) is 6.91. The molecule has 1 heterocycles. The van der Waals surface area contributed by atoms with Gasteiger partial charge in [0, 0.05) is 11.1 Å². The van der Waals surface area contributed by atoms with Gasteiger partial charge in [0.1, 0.15) is 8.55 Å². The third-order valence-electron chi connectivity index (χ3n) is 3.02. The van der Waals surface area contributed by atoms with Crippen molar-refractivity contribution in [1.82, 2.24) is 0 Å². The van der Waals surface area contributed by atoms with Crippen LogP contribution < -0.4 is 0 Å². The number of hydrogen-bond donors (Lipinski definition) is 0. The van der Waals surface area contributed by atoms with Crippen LogP contribution in [-0.2, 0) is 10.0 Å². The van der Waals surface area contributed by atoms with Crippen molar-refractivity contribution in [2.45, 2.75) is 4.21 Å². The smallest absolute Gasteiger partial charge is 0.288 e. The van der Waals surface area contributed by atoms with Crippen LogP contribution >= 0.6 is 46.1 Å². The molecule has 0 aliphatic heterocycles. The van der Waals surface area contributed by atoms with Crippen LogP contribution in [0.1, 0.15) is 15.9 Å². The van der Waals surface area contributed by atoms with E-state index in [1.807, 2.05) is 0 Å². The minimum atomic E-state index is -4.02. The first kappa shape index (κ1) is 16.7. The lowest BCUT2D eigenvalue weighted by molar-refractivity contribution is 0.104. The van der Waals surface area contributed by atoms with Crippen molar-refractivity contribution in [1.29, 1.82) is 0 Å². The Bertz CT molecular complexity index is 971. The number of Topliss-reactive ketones (excluding diaryl/α,β-unsaturated/α-hetero) is 1. The molecule has 0 unspecified atom stereocenters. The van der Waals surface area contributed by atoms with E-state index in [1.165, 1.54) is 12.1 Å². The molecule has 9 heteroatoms. The van der Waals surface area contributed by atoms with Gasteiger partial charge in [-0.3, -0.25) is 4.79 Å². The molecule has 1 aliphatic carbocycles. The van der Waals surface area contributed by atoms with Gasteiger partial charge >= 0.3 is 0 Å². The molecule has 0 fully saturated rings. The zero-order valence-corrected chi connectivity index (χ0v) is 15.0. The first-order chi connectivity index (χ1) is 10.8. The van der Waals surface area contributed by atoms with Crippen molar-refractivity contribution in [3.63, 3.8) is 0 Å². The summed E-state index contributed by atoms with van der Waals surface area (Å²) in [5, 5.41) is 0.0446. The van der Waals surface area contributed by atoms with Crippen molar-refractivity contribution in [3.8, 4) is 0 Å². The van der Waals surface area contributed by atoms with E-state index in [9.17, 15) is 13.2 Å². The zero-order valence-electron chi connectivity index (χ0n) is 11.1. The van der Waals surface area contributed by atoms with Gasteiger partial charge < -0.3 is 0 Å². The Balaban J connectivity index is 2.17. The molecule has 0 atom stereocenters. The monoisotopic (exact) mass is 405 g/mol. The van der Waals surface area contributed by atoms with E-state index in [-0.39, 0.29) is 30.1 Å². The molecule has 0 spiro atoms. The van der Waals surface area contributed by atoms with E-state index in [1.54, 1.807) is 24.3 Å². The van der Waals surface area contributed by atoms with Crippen LogP contribution in [0.2, 0.25) is 9.36 Å². The lowest BCUT2D eigenvalue weighted by Gasteiger charge is -2.13. The van der Waals surface area contributed by atoms with Crippen molar-refractivity contribution < 1.29 is 13.2 Å². The van der Waals surface area contributed by atoms with E-state index in [0.29, 0.717) is 11.1 Å². The number of carbonyl (C=O) groups is 1. The fourth-order valence-electron chi connectivity index (χ4n) is 2.00. The summed E-state index contributed by atoms with van der Waals surface area (Å²) >= 11 is 18.3. The van der Waals surface area contributed by atoms with Crippen LogP contribution in [-0.4, -0.2) is 19.9 Å². The summed E-state index contributed by atoms with van der Waals surface area (Å²) < 4.78 is 28.7. The second kappa shape index (κ2) is 6.03. The molecule has 1 aromatic heterocycles.